The topological polar surface area (TPSA) is 55.1 Å². The molecule has 6 heteroatoms. The predicted molar refractivity (Wildman–Crippen MR) is 118 cm³/mol. The van der Waals surface area contributed by atoms with E-state index in [-0.39, 0.29) is 11.7 Å². The molecule has 0 fully saturated rings. The molecular formula is C23H17ClN2O2S. The minimum absolute atomic E-state index is 0.141. The molecule has 0 saturated heterocycles. The van der Waals surface area contributed by atoms with Crippen LogP contribution in [0.2, 0.25) is 5.02 Å². The quantitative estimate of drug-likeness (QED) is 0.367. The van der Waals surface area contributed by atoms with Crippen molar-refractivity contribution in [1.82, 2.24) is 4.98 Å². The SMILES string of the molecule is O=C(CSc1nc(-c2ccccc2)c(-c2ccccc2)o1)Nc1ccc(Cl)cc1. The van der Waals surface area contributed by atoms with Gasteiger partial charge in [-0.05, 0) is 24.3 Å². The summed E-state index contributed by atoms with van der Waals surface area (Å²) in [6.45, 7) is 0. The first-order chi connectivity index (χ1) is 14.2. The third kappa shape index (κ3) is 4.88. The normalized spacial score (nSPS) is 10.7. The van der Waals surface area contributed by atoms with Crippen molar-refractivity contribution in [3.63, 3.8) is 0 Å². The molecule has 0 saturated carbocycles. The molecule has 0 spiro atoms. The maximum absolute atomic E-state index is 12.3. The second kappa shape index (κ2) is 8.99. The molecule has 29 heavy (non-hydrogen) atoms. The Bertz CT molecular complexity index is 1040. The second-order valence-corrected chi connectivity index (χ2v) is 7.60. The van der Waals surface area contributed by atoms with Gasteiger partial charge in [0.1, 0.15) is 5.69 Å². The summed E-state index contributed by atoms with van der Waals surface area (Å²) in [6.07, 6.45) is 0. The van der Waals surface area contributed by atoms with Crippen LogP contribution in [0.1, 0.15) is 0 Å². The maximum Gasteiger partial charge on any atom is 0.257 e. The van der Waals surface area contributed by atoms with E-state index >= 15 is 0 Å². The fraction of sp³-hybridized carbons (Fsp3) is 0.0435. The third-order valence-electron chi connectivity index (χ3n) is 4.15. The largest absolute Gasteiger partial charge is 0.431 e. The second-order valence-electron chi connectivity index (χ2n) is 6.23. The van der Waals surface area contributed by atoms with Crippen molar-refractivity contribution >= 4 is 35.0 Å². The minimum atomic E-state index is -0.141. The monoisotopic (exact) mass is 420 g/mol. The van der Waals surface area contributed by atoms with Gasteiger partial charge in [0.05, 0.1) is 5.75 Å². The van der Waals surface area contributed by atoms with Crippen LogP contribution in [-0.2, 0) is 4.79 Å². The highest BCUT2D eigenvalue weighted by Crippen LogP contribution is 2.35. The molecule has 144 valence electrons. The molecular weight excluding hydrogens is 404 g/mol. The van der Waals surface area contributed by atoms with Crippen LogP contribution in [-0.4, -0.2) is 16.6 Å². The molecule has 0 bridgehead atoms. The first-order valence-corrected chi connectivity index (χ1v) is 10.4. The van der Waals surface area contributed by atoms with Gasteiger partial charge in [0.15, 0.2) is 5.76 Å². The van der Waals surface area contributed by atoms with Crippen molar-refractivity contribution in [2.45, 2.75) is 5.22 Å². The first-order valence-electron chi connectivity index (χ1n) is 8.99. The van der Waals surface area contributed by atoms with E-state index in [1.165, 1.54) is 11.8 Å². The Morgan fingerprint density at radius 1 is 0.897 bits per heavy atom. The van der Waals surface area contributed by atoms with Gasteiger partial charge in [-0.15, -0.1) is 0 Å². The van der Waals surface area contributed by atoms with Crippen LogP contribution in [0.5, 0.6) is 0 Å². The molecule has 1 N–H and O–H groups in total. The molecule has 0 unspecified atom stereocenters. The van der Waals surface area contributed by atoms with Crippen molar-refractivity contribution in [1.29, 1.82) is 0 Å². The number of aromatic nitrogens is 1. The Morgan fingerprint density at radius 3 is 2.17 bits per heavy atom. The van der Waals surface area contributed by atoms with Crippen molar-refractivity contribution < 1.29 is 9.21 Å². The minimum Gasteiger partial charge on any atom is -0.431 e. The Labute approximate surface area is 177 Å². The Hall–Kier alpha value is -3.02. The summed E-state index contributed by atoms with van der Waals surface area (Å²) in [5.74, 6) is 0.737. The number of halogens is 1. The van der Waals surface area contributed by atoms with Crippen LogP contribution in [0.15, 0.2) is 94.6 Å². The molecule has 0 atom stereocenters. The van der Waals surface area contributed by atoms with E-state index in [1.807, 2.05) is 60.7 Å². The maximum atomic E-state index is 12.3. The van der Waals surface area contributed by atoms with Gasteiger partial charge in [0.2, 0.25) is 5.91 Å². The lowest BCUT2D eigenvalue weighted by molar-refractivity contribution is -0.113. The highest BCUT2D eigenvalue weighted by atomic mass is 35.5. The molecule has 4 rings (SSSR count). The Morgan fingerprint density at radius 2 is 1.52 bits per heavy atom. The number of oxazole rings is 1. The number of carbonyl (C=O) groups is 1. The van der Waals surface area contributed by atoms with E-state index < -0.39 is 0 Å². The molecule has 1 aromatic heterocycles. The summed E-state index contributed by atoms with van der Waals surface area (Å²) >= 11 is 7.13. The fourth-order valence-corrected chi connectivity index (χ4v) is 3.55. The van der Waals surface area contributed by atoms with Crippen molar-refractivity contribution in [3.05, 3.63) is 90.0 Å². The van der Waals surface area contributed by atoms with Crippen molar-refractivity contribution in [2.75, 3.05) is 11.1 Å². The molecule has 0 radical (unpaired) electrons. The number of carbonyl (C=O) groups excluding carboxylic acids is 1. The molecule has 0 aliphatic heterocycles. The van der Waals surface area contributed by atoms with E-state index in [2.05, 4.69) is 10.3 Å². The highest BCUT2D eigenvalue weighted by Gasteiger charge is 2.18. The number of anilines is 1. The van der Waals surface area contributed by atoms with Gasteiger partial charge in [0, 0.05) is 21.8 Å². The van der Waals surface area contributed by atoms with Crippen LogP contribution in [0, 0.1) is 0 Å². The summed E-state index contributed by atoms with van der Waals surface area (Å²) < 4.78 is 6.03. The number of rotatable bonds is 6. The standard InChI is InChI=1S/C23H17ClN2O2S/c24-18-11-13-19(14-12-18)25-20(27)15-29-23-26-21(16-7-3-1-4-8-16)22(28-23)17-9-5-2-6-10-17/h1-14H,15H2,(H,25,27). The van der Waals surface area contributed by atoms with Gasteiger partial charge in [-0.3, -0.25) is 4.79 Å². The summed E-state index contributed by atoms with van der Waals surface area (Å²) in [5.41, 5.74) is 3.36. The number of hydrogen-bond acceptors (Lipinski definition) is 4. The van der Waals surface area contributed by atoms with Crippen LogP contribution in [0.4, 0.5) is 5.69 Å². The summed E-state index contributed by atoms with van der Waals surface area (Å²) in [4.78, 5) is 16.9. The Kier molecular flexibility index (Phi) is 5.98. The molecule has 4 aromatic rings. The van der Waals surface area contributed by atoms with E-state index in [1.54, 1.807) is 24.3 Å². The lowest BCUT2D eigenvalue weighted by Gasteiger charge is -2.03. The zero-order chi connectivity index (χ0) is 20.1. The molecule has 0 aliphatic carbocycles. The van der Waals surface area contributed by atoms with Gasteiger partial charge >= 0.3 is 0 Å². The average Bonchev–Trinajstić information content (AvgIpc) is 3.20. The highest BCUT2D eigenvalue weighted by molar-refractivity contribution is 7.99. The summed E-state index contributed by atoms with van der Waals surface area (Å²) in [5, 5.41) is 3.91. The summed E-state index contributed by atoms with van der Waals surface area (Å²) in [6, 6.07) is 26.7. The van der Waals surface area contributed by atoms with Crippen LogP contribution in [0.3, 0.4) is 0 Å². The number of hydrogen-bond donors (Lipinski definition) is 1. The lowest BCUT2D eigenvalue weighted by atomic mass is 10.1. The smallest absolute Gasteiger partial charge is 0.257 e. The van der Waals surface area contributed by atoms with Crippen LogP contribution in [0.25, 0.3) is 22.6 Å². The van der Waals surface area contributed by atoms with Crippen molar-refractivity contribution in [2.24, 2.45) is 0 Å². The number of thioether (sulfide) groups is 1. The number of nitrogens with zero attached hydrogens (tertiary/aromatic N) is 1. The number of benzene rings is 3. The molecule has 0 aliphatic rings. The number of amides is 1. The van der Waals surface area contributed by atoms with Gasteiger partial charge in [-0.2, -0.15) is 0 Å². The summed E-state index contributed by atoms with van der Waals surface area (Å²) in [7, 11) is 0. The molecule has 4 nitrogen and oxygen atoms in total. The predicted octanol–water partition coefficient (Wildman–Crippen LogP) is 6.39. The van der Waals surface area contributed by atoms with Gasteiger partial charge < -0.3 is 9.73 Å². The Balaban J connectivity index is 1.53. The van der Waals surface area contributed by atoms with Crippen LogP contribution >= 0.6 is 23.4 Å². The first kappa shape index (κ1) is 19.3. The molecule has 3 aromatic carbocycles. The average molecular weight is 421 g/mol. The van der Waals surface area contributed by atoms with Crippen molar-refractivity contribution in [3.8, 4) is 22.6 Å². The molecule has 1 heterocycles. The van der Waals surface area contributed by atoms with E-state index in [9.17, 15) is 4.79 Å². The van der Waals surface area contributed by atoms with E-state index in [0.717, 1.165) is 16.8 Å². The van der Waals surface area contributed by atoms with Gasteiger partial charge in [0.25, 0.3) is 5.22 Å². The zero-order valence-electron chi connectivity index (χ0n) is 15.3. The number of nitrogens with one attached hydrogen (secondary N) is 1. The van der Waals surface area contributed by atoms with Crippen LogP contribution < -0.4 is 5.32 Å². The third-order valence-corrected chi connectivity index (χ3v) is 5.23. The zero-order valence-corrected chi connectivity index (χ0v) is 16.9. The van der Waals surface area contributed by atoms with E-state index in [0.29, 0.717) is 21.7 Å². The fourth-order valence-electron chi connectivity index (χ4n) is 2.80. The van der Waals surface area contributed by atoms with Gasteiger partial charge in [-0.1, -0.05) is 84.0 Å². The van der Waals surface area contributed by atoms with E-state index in [4.69, 9.17) is 16.0 Å². The molecule has 1 amide bonds. The van der Waals surface area contributed by atoms with Gasteiger partial charge in [-0.25, -0.2) is 4.98 Å². The lowest BCUT2D eigenvalue weighted by Crippen LogP contribution is -2.13.